The van der Waals surface area contributed by atoms with E-state index >= 15 is 0 Å². The third-order valence-electron chi connectivity index (χ3n) is 3.38. The SMILES string of the molecule is CCC1(CN(C)C(C)C)CNCCN1. The lowest BCUT2D eigenvalue weighted by Crippen LogP contribution is -2.63. The van der Waals surface area contributed by atoms with E-state index in [2.05, 4.69) is 43.4 Å². The normalized spacial score (nSPS) is 28.7. The lowest BCUT2D eigenvalue weighted by Gasteiger charge is -2.42. The average molecular weight is 199 g/mol. The third kappa shape index (κ3) is 2.94. The van der Waals surface area contributed by atoms with Crippen molar-refractivity contribution in [1.82, 2.24) is 15.5 Å². The van der Waals surface area contributed by atoms with Gasteiger partial charge < -0.3 is 15.5 Å². The molecule has 1 rings (SSSR count). The van der Waals surface area contributed by atoms with Gasteiger partial charge in [0.25, 0.3) is 0 Å². The summed E-state index contributed by atoms with van der Waals surface area (Å²) in [5.41, 5.74) is 0.289. The molecule has 1 fully saturated rings. The van der Waals surface area contributed by atoms with Crippen molar-refractivity contribution in [3.05, 3.63) is 0 Å². The van der Waals surface area contributed by atoms with Gasteiger partial charge in [-0.1, -0.05) is 6.92 Å². The molecule has 1 saturated heterocycles. The molecule has 3 nitrogen and oxygen atoms in total. The summed E-state index contributed by atoms with van der Waals surface area (Å²) in [7, 11) is 2.21. The van der Waals surface area contributed by atoms with E-state index in [1.54, 1.807) is 0 Å². The molecule has 3 heteroatoms. The largest absolute Gasteiger partial charge is 0.314 e. The molecule has 1 unspecified atom stereocenters. The molecule has 0 spiro atoms. The van der Waals surface area contributed by atoms with Crippen molar-refractivity contribution in [1.29, 1.82) is 0 Å². The van der Waals surface area contributed by atoms with Gasteiger partial charge in [-0.3, -0.25) is 0 Å². The fourth-order valence-electron chi connectivity index (χ4n) is 1.94. The maximum atomic E-state index is 3.66. The molecular weight excluding hydrogens is 174 g/mol. The van der Waals surface area contributed by atoms with Crippen LogP contribution in [-0.4, -0.2) is 49.7 Å². The Morgan fingerprint density at radius 2 is 2.07 bits per heavy atom. The summed E-state index contributed by atoms with van der Waals surface area (Å²) < 4.78 is 0. The highest BCUT2D eigenvalue weighted by molar-refractivity contribution is 4.94. The van der Waals surface area contributed by atoms with Crippen molar-refractivity contribution < 1.29 is 0 Å². The molecule has 84 valence electrons. The molecule has 0 saturated carbocycles. The summed E-state index contributed by atoms with van der Waals surface area (Å²) in [6.45, 7) is 11.2. The van der Waals surface area contributed by atoms with Crippen LogP contribution in [0.4, 0.5) is 0 Å². The Kier molecular flexibility index (Phi) is 4.35. The Hall–Kier alpha value is -0.120. The summed E-state index contributed by atoms with van der Waals surface area (Å²) in [6.07, 6.45) is 1.19. The second-order valence-corrected chi connectivity index (χ2v) is 4.75. The van der Waals surface area contributed by atoms with E-state index in [1.807, 2.05) is 0 Å². The Bertz CT molecular complexity index is 162. The summed E-state index contributed by atoms with van der Waals surface area (Å²) in [5.74, 6) is 0. The van der Waals surface area contributed by atoms with Gasteiger partial charge in [0.1, 0.15) is 0 Å². The average Bonchev–Trinajstić information content (AvgIpc) is 2.19. The number of likely N-dealkylation sites (N-methyl/N-ethyl adjacent to an activating group) is 1. The van der Waals surface area contributed by atoms with Crippen LogP contribution in [0.1, 0.15) is 27.2 Å². The Morgan fingerprint density at radius 3 is 2.50 bits per heavy atom. The minimum Gasteiger partial charge on any atom is -0.314 e. The van der Waals surface area contributed by atoms with Gasteiger partial charge in [0.2, 0.25) is 0 Å². The van der Waals surface area contributed by atoms with Gasteiger partial charge in [0.15, 0.2) is 0 Å². The predicted octanol–water partition coefficient (Wildman–Crippen LogP) is 0.668. The molecule has 0 aliphatic carbocycles. The van der Waals surface area contributed by atoms with Gasteiger partial charge >= 0.3 is 0 Å². The number of nitrogens with zero attached hydrogens (tertiary/aromatic N) is 1. The van der Waals surface area contributed by atoms with Crippen molar-refractivity contribution in [2.24, 2.45) is 0 Å². The molecule has 1 aliphatic rings. The molecule has 1 heterocycles. The molecular formula is C11H25N3. The van der Waals surface area contributed by atoms with Crippen LogP contribution in [0.15, 0.2) is 0 Å². The fraction of sp³-hybridized carbons (Fsp3) is 1.00. The lowest BCUT2D eigenvalue weighted by atomic mass is 9.93. The van der Waals surface area contributed by atoms with Gasteiger partial charge in [0, 0.05) is 37.8 Å². The van der Waals surface area contributed by atoms with Gasteiger partial charge in [-0.05, 0) is 27.3 Å². The molecule has 0 aromatic heterocycles. The Labute approximate surface area is 88.2 Å². The monoisotopic (exact) mass is 199 g/mol. The fourth-order valence-corrected chi connectivity index (χ4v) is 1.94. The van der Waals surface area contributed by atoms with E-state index in [0.717, 1.165) is 26.2 Å². The molecule has 2 N–H and O–H groups in total. The highest BCUT2D eigenvalue weighted by Gasteiger charge is 2.31. The Morgan fingerprint density at radius 1 is 1.36 bits per heavy atom. The molecule has 0 radical (unpaired) electrons. The number of rotatable bonds is 4. The first-order chi connectivity index (χ1) is 6.59. The van der Waals surface area contributed by atoms with Crippen LogP contribution in [0.2, 0.25) is 0 Å². The van der Waals surface area contributed by atoms with Crippen LogP contribution in [0.25, 0.3) is 0 Å². The smallest absolute Gasteiger partial charge is 0.0432 e. The first-order valence-corrected chi connectivity index (χ1v) is 5.75. The zero-order chi connectivity index (χ0) is 10.6. The molecule has 0 aromatic carbocycles. The minimum atomic E-state index is 0.289. The summed E-state index contributed by atoms with van der Waals surface area (Å²) in [6, 6.07) is 0.627. The van der Waals surface area contributed by atoms with Crippen molar-refractivity contribution in [2.75, 3.05) is 33.2 Å². The van der Waals surface area contributed by atoms with Crippen LogP contribution in [0, 0.1) is 0 Å². The number of hydrogen-bond donors (Lipinski definition) is 2. The summed E-state index contributed by atoms with van der Waals surface area (Å²) >= 11 is 0. The molecule has 1 atom stereocenters. The first-order valence-electron chi connectivity index (χ1n) is 5.75. The van der Waals surface area contributed by atoms with E-state index in [0.29, 0.717) is 6.04 Å². The van der Waals surface area contributed by atoms with E-state index in [1.165, 1.54) is 6.42 Å². The van der Waals surface area contributed by atoms with Crippen LogP contribution < -0.4 is 10.6 Å². The summed E-state index contributed by atoms with van der Waals surface area (Å²) in [5, 5.41) is 7.15. The molecule has 0 amide bonds. The van der Waals surface area contributed by atoms with Crippen molar-refractivity contribution >= 4 is 0 Å². The topological polar surface area (TPSA) is 27.3 Å². The van der Waals surface area contributed by atoms with Crippen molar-refractivity contribution in [3.8, 4) is 0 Å². The zero-order valence-corrected chi connectivity index (χ0v) is 10.1. The van der Waals surface area contributed by atoms with Crippen LogP contribution in [0.3, 0.4) is 0 Å². The lowest BCUT2D eigenvalue weighted by molar-refractivity contribution is 0.155. The highest BCUT2D eigenvalue weighted by Crippen LogP contribution is 2.14. The van der Waals surface area contributed by atoms with E-state index in [-0.39, 0.29) is 5.54 Å². The molecule has 0 aromatic rings. The third-order valence-corrected chi connectivity index (χ3v) is 3.38. The highest BCUT2D eigenvalue weighted by atomic mass is 15.2. The molecule has 1 aliphatic heterocycles. The number of nitrogens with one attached hydrogen (secondary N) is 2. The second kappa shape index (κ2) is 5.10. The minimum absolute atomic E-state index is 0.289. The van der Waals surface area contributed by atoms with Gasteiger partial charge in [-0.2, -0.15) is 0 Å². The van der Waals surface area contributed by atoms with Gasteiger partial charge in [0.05, 0.1) is 0 Å². The quantitative estimate of drug-likeness (QED) is 0.697. The van der Waals surface area contributed by atoms with Crippen LogP contribution >= 0.6 is 0 Å². The standard InChI is InChI=1S/C11H25N3/c1-5-11(8-12-6-7-13-11)9-14(4)10(2)3/h10,12-13H,5-9H2,1-4H3. The number of hydrogen-bond acceptors (Lipinski definition) is 3. The maximum absolute atomic E-state index is 3.66. The second-order valence-electron chi connectivity index (χ2n) is 4.75. The van der Waals surface area contributed by atoms with Crippen LogP contribution in [-0.2, 0) is 0 Å². The van der Waals surface area contributed by atoms with Crippen molar-refractivity contribution in [3.63, 3.8) is 0 Å². The van der Waals surface area contributed by atoms with E-state index < -0.39 is 0 Å². The van der Waals surface area contributed by atoms with Crippen LogP contribution in [0.5, 0.6) is 0 Å². The van der Waals surface area contributed by atoms with Gasteiger partial charge in [-0.25, -0.2) is 0 Å². The zero-order valence-electron chi connectivity index (χ0n) is 10.1. The van der Waals surface area contributed by atoms with E-state index in [9.17, 15) is 0 Å². The summed E-state index contributed by atoms with van der Waals surface area (Å²) in [4.78, 5) is 2.42. The van der Waals surface area contributed by atoms with Gasteiger partial charge in [-0.15, -0.1) is 0 Å². The molecule has 14 heavy (non-hydrogen) atoms. The maximum Gasteiger partial charge on any atom is 0.0432 e. The first kappa shape index (κ1) is 12.0. The number of piperazine rings is 1. The Balaban J connectivity index is 2.51. The van der Waals surface area contributed by atoms with Crippen molar-refractivity contribution in [2.45, 2.75) is 38.8 Å². The predicted molar refractivity (Wildman–Crippen MR) is 61.7 cm³/mol. The molecule has 0 bridgehead atoms. The van der Waals surface area contributed by atoms with E-state index in [4.69, 9.17) is 0 Å².